The van der Waals surface area contributed by atoms with Crippen molar-refractivity contribution in [2.45, 2.75) is 42.7 Å². The minimum atomic E-state index is -5.51. The second kappa shape index (κ2) is 6.09. The molecule has 0 saturated heterocycles. The third kappa shape index (κ3) is 3.69. The van der Waals surface area contributed by atoms with E-state index in [1.165, 1.54) is 0 Å². The number of rotatable bonds is 5. The van der Waals surface area contributed by atoms with Crippen LogP contribution in [0, 0.1) is 5.82 Å². The number of aliphatic hydroxyl groups excluding tert-OH is 1. The van der Waals surface area contributed by atoms with Crippen LogP contribution in [0.15, 0.2) is 23.1 Å². The second-order valence-electron chi connectivity index (χ2n) is 4.35. The number of hydrogen-bond acceptors (Lipinski definition) is 3. The standard InChI is InChI=1S/C12H14F4O3S/c1-2-3-9(17)6-8-7-10(4-5-11(8)13)20(18,19)12(14,15)16/h4-5,7,9,17H,2-3,6H2,1H3. The van der Waals surface area contributed by atoms with E-state index in [0.717, 1.165) is 0 Å². The molecule has 3 nitrogen and oxygen atoms in total. The van der Waals surface area contributed by atoms with E-state index in [0.29, 0.717) is 31.0 Å². The molecule has 0 saturated carbocycles. The quantitative estimate of drug-likeness (QED) is 0.671. The Labute approximate surface area is 114 Å². The summed E-state index contributed by atoms with van der Waals surface area (Å²) in [5.74, 6) is -0.846. The molecular weight excluding hydrogens is 300 g/mol. The van der Waals surface area contributed by atoms with Crippen LogP contribution in [-0.4, -0.2) is 25.1 Å². The fourth-order valence-electron chi connectivity index (χ4n) is 1.70. The summed E-state index contributed by atoms with van der Waals surface area (Å²) in [6, 6.07) is 1.84. The summed E-state index contributed by atoms with van der Waals surface area (Å²) in [7, 11) is -5.51. The van der Waals surface area contributed by atoms with Crippen LogP contribution in [0.2, 0.25) is 0 Å². The summed E-state index contributed by atoms with van der Waals surface area (Å²) in [6.45, 7) is 1.78. The van der Waals surface area contributed by atoms with E-state index < -0.39 is 32.2 Å². The van der Waals surface area contributed by atoms with Crippen molar-refractivity contribution in [3.63, 3.8) is 0 Å². The van der Waals surface area contributed by atoms with E-state index in [1.54, 1.807) is 6.92 Å². The lowest BCUT2D eigenvalue weighted by Gasteiger charge is -2.13. The first kappa shape index (κ1) is 16.9. The van der Waals surface area contributed by atoms with Gasteiger partial charge >= 0.3 is 5.51 Å². The molecule has 0 bridgehead atoms. The fraction of sp³-hybridized carbons (Fsp3) is 0.500. The predicted molar refractivity (Wildman–Crippen MR) is 64.3 cm³/mol. The summed E-state index contributed by atoms with van der Waals surface area (Å²) in [5.41, 5.74) is -5.69. The number of hydrogen-bond donors (Lipinski definition) is 1. The van der Waals surface area contributed by atoms with Gasteiger partial charge in [-0.25, -0.2) is 12.8 Å². The summed E-state index contributed by atoms with van der Waals surface area (Å²) in [5, 5.41) is 9.54. The number of alkyl halides is 3. The zero-order valence-electron chi connectivity index (χ0n) is 10.6. The molecule has 0 aliphatic heterocycles. The van der Waals surface area contributed by atoms with Gasteiger partial charge in [0.05, 0.1) is 11.0 Å². The Morgan fingerprint density at radius 2 is 1.90 bits per heavy atom. The smallest absolute Gasteiger partial charge is 0.393 e. The summed E-state index contributed by atoms with van der Waals surface area (Å²) < 4.78 is 73.1. The SMILES string of the molecule is CCCC(O)Cc1cc(S(=O)(=O)C(F)(F)F)ccc1F. The largest absolute Gasteiger partial charge is 0.501 e. The zero-order chi connectivity index (χ0) is 15.6. The van der Waals surface area contributed by atoms with Crippen LogP contribution in [0.1, 0.15) is 25.3 Å². The van der Waals surface area contributed by atoms with Crippen LogP contribution in [0.4, 0.5) is 17.6 Å². The van der Waals surface area contributed by atoms with Gasteiger partial charge in [0.25, 0.3) is 9.84 Å². The molecular formula is C12H14F4O3S. The second-order valence-corrected chi connectivity index (χ2v) is 6.29. The van der Waals surface area contributed by atoms with Gasteiger partial charge in [0.2, 0.25) is 0 Å². The van der Waals surface area contributed by atoms with Crippen molar-refractivity contribution in [2.75, 3.05) is 0 Å². The Kier molecular flexibility index (Phi) is 5.15. The van der Waals surface area contributed by atoms with Gasteiger partial charge in [-0.2, -0.15) is 13.2 Å². The summed E-state index contributed by atoms with van der Waals surface area (Å²) >= 11 is 0. The lowest BCUT2D eigenvalue weighted by molar-refractivity contribution is -0.0436. The number of halogens is 4. The monoisotopic (exact) mass is 314 g/mol. The van der Waals surface area contributed by atoms with Crippen molar-refractivity contribution < 1.29 is 31.1 Å². The Balaban J connectivity index is 3.16. The molecule has 1 N–H and O–H groups in total. The lowest BCUT2D eigenvalue weighted by Crippen LogP contribution is -2.23. The van der Waals surface area contributed by atoms with E-state index in [1.807, 2.05) is 0 Å². The maximum Gasteiger partial charge on any atom is 0.501 e. The maximum atomic E-state index is 13.5. The normalized spacial score (nSPS) is 14.3. The molecule has 8 heteroatoms. The molecule has 114 valence electrons. The van der Waals surface area contributed by atoms with Crippen molar-refractivity contribution >= 4 is 9.84 Å². The Morgan fingerprint density at radius 3 is 2.40 bits per heavy atom. The molecule has 20 heavy (non-hydrogen) atoms. The van der Waals surface area contributed by atoms with Gasteiger partial charge in [0, 0.05) is 6.42 Å². The molecule has 0 radical (unpaired) electrons. The van der Waals surface area contributed by atoms with Gasteiger partial charge in [0.15, 0.2) is 0 Å². The highest BCUT2D eigenvalue weighted by Gasteiger charge is 2.47. The minimum absolute atomic E-state index is 0.235. The van der Waals surface area contributed by atoms with Crippen molar-refractivity contribution in [1.29, 1.82) is 0 Å². The maximum absolute atomic E-state index is 13.5. The van der Waals surface area contributed by atoms with E-state index in [2.05, 4.69) is 0 Å². The lowest BCUT2D eigenvalue weighted by atomic mass is 10.0. The van der Waals surface area contributed by atoms with Gasteiger partial charge in [-0.3, -0.25) is 0 Å². The van der Waals surface area contributed by atoms with Crippen molar-refractivity contribution in [3.8, 4) is 0 Å². The first-order valence-electron chi connectivity index (χ1n) is 5.87. The Morgan fingerprint density at radius 1 is 1.30 bits per heavy atom. The Bertz CT molecular complexity index is 567. The average Bonchev–Trinajstić information content (AvgIpc) is 2.30. The molecule has 1 atom stereocenters. The van der Waals surface area contributed by atoms with E-state index in [4.69, 9.17) is 0 Å². The van der Waals surface area contributed by atoms with E-state index in [9.17, 15) is 31.1 Å². The van der Waals surface area contributed by atoms with Crippen LogP contribution in [0.3, 0.4) is 0 Å². The van der Waals surface area contributed by atoms with Crippen LogP contribution in [0.25, 0.3) is 0 Å². The highest BCUT2D eigenvalue weighted by molar-refractivity contribution is 7.92. The molecule has 0 spiro atoms. The third-order valence-corrected chi connectivity index (χ3v) is 4.19. The molecule has 0 fully saturated rings. The molecule has 0 aromatic heterocycles. The van der Waals surface area contributed by atoms with Crippen LogP contribution >= 0.6 is 0 Å². The van der Waals surface area contributed by atoms with E-state index in [-0.39, 0.29) is 12.0 Å². The zero-order valence-corrected chi connectivity index (χ0v) is 11.4. The molecule has 0 heterocycles. The highest BCUT2D eigenvalue weighted by Crippen LogP contribution is 2.31. The number of aliphatic hydroxyl groups is 1. The van der Waals surface area contributed by atoms with Gasteiger partial charge in [-0.1, -0.05) is 13.3 Å². The van der Waals surface area contributed by atoms with Crippen LogP contribution in [0.5, 0.6) is 0 Å². The van der Waals surface area contributed by atoms with Crippen molar-refractivity contribution in [3.05, 3.63) is 29.6 Å². The molecule has 0 aliphatic rings. The fourth-order valence-corrected chi connectivity index (χ4v) is 2.51. The summed E-state index contributed by atoms with van der Waals surface area (Å²) in [4.78, 5) is -1.02. The first-order chi connectivity index (χ1) is 9.09. The highest BCUT2D eigenvalue weighted by atomic mass is 32.2. The molecule has 0 aliphatic carbocycles. The first-order valence-corrected chi connectivity index (χ1v) is 7.35. The molecule has 1 rings (SSSR count). The van der Waals surface area contributed by atoms with Gasteiger partial charge < -0.3 is 5.11 Å². The molecule has 1 aromatic rings. The van der Waals surface area contributed by atoms with Gasteiger partial charge in [0.1, 0.15) is 5.82 Å². The van der Waals surface area contributed by atoms with Gasteiger partial charge in [-0.15, -0.1) is 0 Å². The number of sulfone groups is 1. The predicted octanol–water partition coefficient (Wildman–Crippen LogP) is 2.82. The van der Waals surface area contributed by atoms with Crippen LogP contribution < -0.4 is 0 Å². The van der Waals surface area contributed by atoms with Crippen molar-refractivity contribution in [1.82, 2.24) is 0 Å². The average molecular weight is 314 g/mol. The minimum Gasteiger partial charge on any atom is -0.393 e. The topological polar surface area (TPSA) is 54.4 Å². The summed E-state index contributed by atoms with van der Waals surface area (Å²) in [6.07, 6.45) is -0.210. The van der Waals surface area contributed by atoms with E-state index >= 15 is 0 Å². The third-order valence-electron chi connectivity index (χ3n) is 2.71. The number of benzene rings is 1. The Hall–Kier alpha value is -1.15. The van der Waals surface area contributed by atoms with Crippen molar-refractivity contribution in [2.24, 2.45) is 0 Å². The molecule has 1 aromatic carbocycles. The van der Waals surface area contributed by atoms with Crippen LogP contribution in [-0.2, 0) is 16.3 Å². The molecule has 1 unspecified atom stereocenters. The molecule has 0 amide bonds. The van der Waals surface area contributed by atoms with Gasteiger partial charge in [-0.05, 0) is 30.2 Å².